The van der Waals surface area contributed by atoms with Crippen LogP contribution in [0.1, 0.15) is 31.9 Å². The lowest BCUT2D eigenvalue weighted by molar-refractivity contribution is -0.135. The molecule has 0 bridgehead atoms. The molecule has 1 heterocycles. The fourth-order valence-corrected chi connectivity index (χ4v) is 4.17. The van der Waals surface area contributed by atoms with Gasteiger partial charge < -0.3 is 10.1 Å². The van der Waals surface area contributed by atoms with E-state index >= 15 is 0 Å². The molecule has 1 fully saturated rings. The zero-order valence-electron chi connectivity index (χ0n) is 19.3. The number of amides is 2. The number of methoxy groups -OCH3 is 1. The van der Waals surface area contributed by atoms with Gasteiger partial charge in [0.25, 0.3) is 11.8 Å². The lowest BCUT2D eigenvalue weighted by Crippen LogP contribution is -2.71. The summed E-state index contributed by atoms with van der Waals surface area (Å²) in [6.45, 7) is 5.80. The van der Waals surface area contributed by atoms with Gasteiger partial charge in [0.15, 0.2) is 5.54 Å². The van der Waals surface area contributed by atoms with E-state index in [9.17, 15) is 9.59 Å². The predicted octanol–water partition coefficient (Wildman–Crippen LogP) is 4.94. The number of hydrogen-bond acceptors (Lipinski definition) is 3. The highest BCUT2D eigenvalue weighted by atomic mass is 16.5. The Labute approximate surface area is 194 Å². The van der Waals surface area contributed by atoms with Crippen LogP contribution in [0.15, 0.2) is 90.5 Å². The number of nitrogens with one attached hydrogen (secondary N) is 1. The van der Waals surface area contributed by atoms with Crippen LogP contribution >= 0.6 is 0 Å². The average molecular weight is 441 g/mol. The van der Waals surface area contributed by atoms with E-state index in [1.807, 2.05) is 87.5 Å². The number of β-lactam (4-membered cyclic amide) rings is 1. The van der Waals surface area contributed by atoms with Gasteiger partial charge in [0.05, 0.1) is 12.7 Å². The topological polar surface area (TPSA) is 58.6 Å². The van der Waals surface area contributed by atoms with Gasteiger partial charge in [0.1, 0.15) is 5.75 Å². The monoisotopic (exact) mass is 440 g/mol. The van der Waals surface area contributed by atoms with Gasteiger partial charge in [-0.05, 0) is 62.2 Å². The summed E-state index contributed by atoms with van der Waals surface area (Å²) in [4.78, 5) is 29.3. The van der Waals surface area contributed by atoms with E-state index < -0.39 is 11.1 Å². The highest BCUT2D eigenvalue weighted by Gasteiger charge is 2.63. The van der Waals surface area contributed by atoms with Crippen LogP contribution in [0.3, 0.4) is 0 Å². The summed E-state index contributed by atoms with van der Waals surface area (Å²) in [5.41, 5.74) is 0.844. The first-order valence-corrected chi connectivity index (χ1v) is 10.9. The number of rotatable bonds is 5. The summed E-state index contributed by atoms with van der Waals surface area (Å²) in [6, 6.07) is 26.2. The molecule has 0 saturated carbocycles. The number of hydrogen-bond donors (Lipinski definition) is 1. The summed E-state index contributed by atoms with van der Waals surface area (Å²) in [5, 5.41) is 3.12. The van der Waals surface area contributed by atoms with Crippen LogP contribution in [-0.4, -0.2) is 24.5 Å². The van der Waals surface area contributed by atoms with E-state index in [1.165, 1.54) is 0 Å². The Bertz CT molecular complexity index is 1180. The molecule has 5 nitrogen and oxygen atoms in total. The maximum absolute atomic E-state index is 14.0. The van der Waals surface area contributed by atoms with Crippen molar-refractivity contribution in [2.75, 3.05) is 12.0 Å². The second-order valence-corrected chi connectivity index (χ2v) is 9.09. The van der Waals surface area contributed by atoms with Crippen molar-refractivity contribution in [2.24, 2.45) is 0 Å². The molecule has 4 rings (SSSR count). The molecule has 0 aromatic heterocycles. The highest BCUT2D eigenvalue weighted by molar-refractivity contribution is 6.27. The van der Waals surface area contributed by atoms with E-state index in [-0.39, 0.29) is 11.8 Å². The largest absolute Gasteiger partial charge is 0.497 e. The van der Waals surface area contributed by atoms with E-state index in [0.717, 1.165) is 11.1 Å². The molecule has 1 aliphatic rings. The standard InChI is InChI=1S/C28H28N2O3/c1-27(2,3)29-26(32)28(21-13-9-6-10-14-21)24(19-20-11-7-5-8-12-20)25(31)30(28)22-15-17-23(33-4)18-16-22/h5-19H,1-4H3,(H,29,32)/b24-19+. The number of carbonyl (C=O) groups excluding carboxylic acids is 2. The molecule has 1 unspecified atom stereocenters. The third kappa shape index (κ3) is 4.02. The quantitative estimate of drug-likeness (QED) is 0.452. The van der Waals surface area contributed by atoms with Gasteiger partial charge >= 0.3 is 0 Å². The van der Waals surface area contributed by atoms with Gasteiger partial charge in [-0.25, -0.2) is 0 Å². The number of ether oxygens (including phenoxy) is 1. The third-order valence-electron chi connectivity index (χ3n) is 5.61. The average Bonchev–Trinajstić information content (AvgIpc) is 2.81. The lowest BCUT2D eigenvalue weighted by Gasteiger charge is -2.53. The smallest absolute Gasteiger partial charge is 0.259 e. The van der Waals surface area contributed by atoms with E-state index in [4.69, 9.17) is 4.74 Å². The van der Waals surface area contributed by atoms with Crippen LogP contribution in [0.25, 0.3) is 6.08 Å². The molecule has 1 aliphatic heterocycles. The molecule has 0 radical (unpaired) electrons. The summed E-state index contributed by atoms with van der Waals surface area (Å²) < 4.78 is 5.28. The maximum Gasteiger partial charge on any atom is 0.259 e. The molecule has 0 spiro atoms. The van der Waals surface area contributed by atoms with Crippen LogP contribution in [0.4, 0.5) is 5.69 Å². The molecule has 1 N–H and O–H groups in total. The van der Waals surface area contributed by atoms with Gasteiger partial charge in [-0.15, -0.1) is 0 Å². The minimum Gasteiger partial charge on any atom is -0.497 e. The fourth-order valence-electron chi connectivity index (χ4n) is 4.17. The van der Waals surface area contributed by atoms with Crippen LogP contribution < -0.4 is 15.0 Å². The predicted molar refractivity (Wildman–Crippen MR) is 131 cm³/mol. The molecule has 33 heavy (non-hydrogen) atoms. The maximum atomic E-state index is 14.0. The van der Waals surface area contributed by atoms with Gasteiger partial charge in [0, 0.05) is 11.2 Å². The third-order valence-corrected chi connectivity index (χ3v) is 5.61. The second-order valence-electron chi connectivity index (χ2n) is 9.09. The minimum absolute atomic E-state index is 0.211. The van der Waals surface area contributed by atoms with Crippen molar-refractivity contribution in [1.82, 2.24) is 5.32 Å². The SMILES string of the molecule is COc1ccc(N2C(=O)/C(=C\c3ccccc3)C2(C(=O)NC(C)(C)C)c2ccccc2)cc1. The molecule has 1 saturated heterocycles. The van der Waals surface area contributed by atoms with Crippen molar-refractivity contribution in [2.45, 2.75) is 31.8 Å². The normalized spacial score (nSPS) is 19.2. The van der Waals surface area contributed by atoms with Crippen molar-refractivity contribution < 1.29 is 14.3 Å². The molecule has 5 heteroatoms. The first-order chi connectivity index (χ1) is 15.8. The van der Waals surface area contributed by atoms with Crippen LogP contribution in [-0.2, 0) is 15.1 Å². The molecule has 3 aromatic carbocycles. The molecule has 3 aromatic rings. The molecule has 168 valence electrons. The van der Waals surface area contributed by atoms with E-state index in [0.29, 0.717) is 17.0 Å². The van der Waals surface area contributed by atoms with Crippen LogP contribution in [0.2, 0.25) is 0 Å². The summed E-state index contributed by atoms with van der Waals surface area (Å²) in [7, 11) is 1.59. The van der Waals surface area contributed by atoms with Crippen molar-refractivity contribution in [3.8, 4) is 5.75 Å². The van der Waals surface area contributed by atoms with Crippen LogP contribution in [0.5, 0.6) is 5.75 Å². The fraction of sp³-hybridized carbons (Fsp3) is 0.214. The summed E-state index contributed by atoms with van der Waals surface area (Å²) in [5.74, 6) is 0.215. The summed E-state index contributed by atoms with van der Waals surface area (Å²) in [6.07, 6.45) is 1.82. The summed E-state index contributed by atoms with van der Waals surface area (Å²) >= 11 is 0. The number of nitrogens with zero attached hydrogens (tertiary/aromatic N) is 1. The van der Waals surface area contributed by atoms with Gasteiger partial charge in [-0.2, -0.15) is 0 Å². The molecular weight excluding hydrogens is 412 g/mol. The van der Waals surface area contributed by atoms with Gasteiger partial charge in [-0.3, -0.25) is 14.5 Å². The number of benzene rings is 3. The Kier molecular flexibility index (Phi) is 5.81. The highest BCUT2D eigenvalue weighted by Crippen LogP contribution is 2.50. The Hall–Kier alpha value is -3.86. The molecule has 1 atom stereocenters. The van der Waals surface area contributed by atoms with Crippen molar-refractivity contribution in [3.63, 3.8) is 0 Å². The van der Waals surface area contributed by atoms with Crippen molar-refractivity contribution in [1.29, 1.82) is 0 Å². The van der Waals surface area contributed by atoms with Gasteiger partial charge in [0.2, 0.25) is 0 Å². The lowest BCUT2D eigenvalue weighted by atomic mass is 9.70. The Morgan fingerprint density at radius 3 is 2.03 bits per heavy atom. The Morgan fingerprint density at radius 1 is 0.909 bits per heavy atom. The van der Waals surface area contributed by atoms with E-state index in [2.05, 4.69) is 5.32 Å². The second kappa shape index (κ2) is 8.58. The Balaban J connectivity index is 1.96. The first kappa shape index (κ1) is 22.3. The van der Waals surface area contributed by atoms with Crippen molar-refractivity contribution >= 4 is 23.6 Å². The first-order valence-electron chi connectivity index (χ1n) is 10.9. The molecule has 0 aliphatic carbocycles. The number of anilines is 1. The molecular formula is C28H28N2O3. The number of carbonyl (C=O) groups is 2. The zero-order valence-corrected chi connectivity index (χ0v) is 19.3. The van der Waals surface area contributed by atoms with Gasteiger partial charge in [-0.1, -0.05) is 60.7 Å². The van der Waals surface area contributed by atoms with Crippen molar-refractivity contribution in [3.05, 3.63) is 102 Å². The van der Waals surface area contributed by atoms with E-state index in [1.54, 1.807) is 36.3 Å². The zero-order chi connectivity index (χ0) is 23.6. The Morgan fingerprint density at radius 2 is 1.48 bits per heavy atom. The minimum atomic E-state index is -1.31. The van der Waals surface area contributed by atoms with Crippen LogP contribution in [0, 0.1) is 0 Å². The molecule has 2 amide bonds.